The molecule has 0 fully saturated rings. The molecule has 1 aromatic heterocycles. The van der Waals surface area contributed by atoms with Crippen LogP contribution in [0.25, 0.3) is 0 Å². The Morgan fingerprint density at radius 3 is 2.56 bits per heavy atom. The minimum atomic E-state index is -0.105. The summed E-state index contributed by atoms with van der Waals surface area (Å²) in [4.78, 5) is 19.5. The molecule has 1 aliphatic heterocycles. The van der Waals surface area contributed by atoms with E-state index in [1.165, 1.54) is 0 Å². The summed E-state index contributed by atoms with van der Waals surface area (Å²) in [6, 6.07) is 18.9. The second-order valence-corrected chi connectivity index (χ2v) is 6.36. The summed E-state index contributed by atoms with van der Waals surface area (Å²) in [6.07, 6.45) is 1.74. The second kappa shape index (κ2) is 7.50. The largest absolute Gasteiger partial charge is 0.486 e. The van der Waals surface area contributed by atoms with E-state index in [0.717, 1.165) is 16.9 Å². The molecule has 0 aliphatic carbocycles. The molecular formula is C22H20N2O3. The number of hydrogen-bond acceptors (Lipinski definition) is 4. The molecule has 0 spiro atoms. The van der Waals surface area contributed by atoms with Gasteiger partial charge in [0.25, 0.3) is 5.91 Å². The lowest BCUT2D eigenvalue weighted by atomic mass is 10.1. The number of aryl methyl sites for hydroxylation is 1. The zero-order valence-electron chi connectivity index (χ0n) is 15.1. The number of hydrogen-bond donors (Lipinski definition) is 0. The molecular weight excluding hydrogens is 340 g/mol. The Kier molecular flexibility index (Phi) is 4.75. The SMILES string of the molecule is Cc1ccccc1N(Cc1ccccn1)C(=O)c1ccc2c(c1)OCCO2. The standard InChI is InChI=1S/C22H20N2O3/c1-16-6-2-3-8-19(16)24(15-18-7-4-5-11-23-18)22(25)17-9-10-20-21(14-17)27-13-12-26-20/h2-11,14H,12-13,15H2,1H3. The smallest absolute Gasteiger partial charge is 0.258 e. The van der Waals surface area contributed by atoms with Crippen LogP contribution >= 0.6 is 0 Å². The molecule has 2 heterocycles. The van der Waals surface area contributed by atoms with Gasteiger partial charge in [-0.1, -0.05) is 24.3 Å². The van der Waals surface area contributed by atoms with Crippen molar-refractivity contribution in [2.75, 3.05) is 18.1 Å². The second-order valence-electron chi connectivity index (χ2n) is 6.36. The number of fused-ring (bicyclic) bond motifs is 1. The number of nitrogens with zero attached hydrogens (tertiary/aromatic N) is 2. The van der Waals surface area contributed by atoms with Gasteiger partial charge in [0.1, 0.15) is 13.2 Å². The Bertz CT molecular complexity index is 957. The number of anilines is 1. The van der Waals surface area contributed by atoms with Gasteiger partial charge in [-0.25, -0.2) is 0 Å². The van der Waals surface area contributed by atoms with Crippen molar-refractivity contribution in [2.24, 2.45) is 0 Å². The third-order valence-electron chi connectivity index (χ3n) is 4.49. The highest BCUT2D eigenvalue weighted by Gasteiger charge is 2.22. The van der Waals surface area contributed by atoms with Crippen LogP contribution in [0.3, 0.4) is 0 Å². The van der Waals surface area contributed by atoms with Gasteiger partial charge < -0.3 is 14.4 Å². The number of rotatable bonds is 4. The fraction of sp³-hybridized carbons (Fsp3) is 0.182. The minimum absolute atomic E-state index is 0.105. The van der Waals surface area contributed by atoms with Crippen LogP contribution in [0.4, 0.5) is 5.69 Å². The van der Waals surface area contributed by atoms with E-state index in [9.17, 15) is 4.79 Å². The summed E-state index contributed by atoms with van der Waals surface area (Å²) in [7, 11) is 0. The average molecular weight is 360 g/mol. The molecule has 0 unspecified atom stereocenters. The molecule has 27 heavy (non-hydrogen) atoms. The van der Waals surface area contributed by atoms with Crippen LogP contribution in [0.5, 0.6) is 11.5 Å². The topological polar surface area (TPSA) is 51.7 Å². The van der Waals surface area contributed by atoms with Crippen molar-refractivity contribution in [1.29, 1.82) is 0 Å². The van der Waals surface area contributed by atoms with E-state index in [-0.39, 0.29) is 5.91 Å². The van der Waals surface area contributed by atoms with Crippen LogP contribution in [0.1, 0.15) is 21.6 Å². The van der Waals surface area contributed by atoms with Gasteiger partial charge in [0.05, 0.1) is 12.2 Å². The summed E-state index contributed by atoms with van der Waals surface area (Å²) in [5.74, 6) is 1.17. The van der Waals surface area contributed by atoms with Crippen LogP contribution in [-0.4, -0.2) is 24.1 Å². The fourth-order valence-electron chi connectivity index (χ4n) is 3.12. The van der Waals surface area contributed by atoms with Crippen LogP contribution in [0.15, 0.2) is 66.9 Å². The number of carbonyl (C=O) groups excluding carboxylic acids is 1. The lowest BCUT2D eigenvalue weighted by Gasteiger charge is -2.25. The Morgan fingerprint density at radius 2 is 1.78 bits per heavy atom. The molecule has 4 rings (SSSR count). The van der Waals surface area contributed by atoms with Crippen LogP contribution < -0.4 is 14.4 Å². The lowest BCUT2D eigenvalue weighted by Crippen LogP contribution is -2.31. The maximum Gasteiger partial charge on any atom is 0.258 e. The van der Waals surface area contributed by atoms with E-state index in [4.69, 9.17) is 9.47 Å². The monoisotopic (exact) mass is 360 g/mol. The predicted molar refractivity (Wildman–Crippen MR) is 103 cm³/mol. The van der Waals surface area contributed by atoms with E-state index in [2.05, 4.69) is 4.98 Å². The summed E-state index contributed by atoms with van der Waals surface area (Å²) >= 11 is 0. The van der Waals surface area contributed by atoms with E-state index < -0.39 is 0 Å². The molecule has 1 aliphatic rings. The number of pyridine rings is 1. The van der Waals surface area contributed by atoms with Crippen molar-refractivity contribution < 1.29 is 14.3 Å². The molecule has 5 heteroatoms. The van der Waals surface area contributed by atoms with Gasteiger partial charge in [0.15, 0.2) is 11.5 Å². The third kappa shape index (κ3) is 3.62. The summed E-state index contributed by atoms with van der Waals surface area (Å²) in [5.41, 5.74) is 3.27. The summed E-state index contributed by atoms with van der Waals surface area (Å²) < 4.78 is 11.2. The molecule has 0 atom stereocenters. The molecule has 3 aromatic rings. The van der Waals surface area contributed by atoms with Gasteiger partial charge in [-0.3, -0.25) is 9.78 Å². The van der Waals surface area contributed by atoms with Gasteiger partial charge in [0, 0.05) is 17.4 Å². The highest BCUT2D eigenvalue weighted by atomic mass is 16.6. The molecule has 136 valence electrons. The van der Waals surface area contributed by atoms with Gasteiger partial charge in [-0.2, -0.15) is 0 Å². The van der Waals surface area contributed by atoms with Gasteiger partial charge in [0.2, 0.25) is 0 Å². The van der Waals surface area contributed by atoms with E-state index in [0.29, 0.717) is 36.8 Å². The number of amides is 1. The molecule has 1 amide bonds. The molecule has 2 aromatic carbocycles. The third-order valence-corrected chi connectivity index (χ3v) is 4.49. The molecule has 0 N–H and O–H groups in total. The highest BCUT2D eigenvalue weighted by molar-refractivity contribution is 6.06. The summed E-state index contributed by atoms with van der Waals surface area (Å²) in [6.45, 7) is 3.40. The Hall–Kier alpha value is -3.34. The van der Waals surface area contributed by atoms with E-state index in [1.807, 2.05) is 49.4 Å². The summed E-state index contributed by atoms with van der Waals surface area (Å²) in [5, 5.41) is 0. The first kappa shape index (κ1) is 17.1. The Morgan fingerprint density at radius 1 is 1.00 bits per heavy atom. The molecule has 0 saturated carbocycles. The molecule has 0 saturated heterocycles. The number of carbonyl (C=O) groups is 1. The van der Waals surface area contributed by atoms with Crippen molar-refractivity contribution >= 4 is 11.6 Å². The Balaban J connectivity index is 1.71. The van der Waals surface area contributed by atoms with Crippen LogP contribution in [0.2, 0.25) is 0 Å². The first-order chi connectivity index (χ1) is 13.2. The highest BCUT2D eigenvalue weighted by Crippen LogP contribution is 2.32. The lowest BCUT2D eigenvalue weighted by molar-refractivity contribution is 0.0983. The first-order valence-electron chi connectivity index (χ1n) is 8.89. The zero-order valence-corrected chi connectivity index (χ0v) is 15.1. The number of aromatic nitrogens is 1. The molecule has 5 nitrogen and oxygen atoms in total. The maximum absolute atomic E-state index is 13.4. The van der Waals surface area contributed by atoms with Crippen LogP contribution in [0, 0.1) is 6.92 Å². The zero-order chi connectivity index (χ0) is 18.6. The molecule has 0 bridgehead atoms. The van der Waals surface area contributed by atoms with Crippen LogP contribution in [-0.2, 0) is 6.54 Å². The van der Waals surface area contributed by atoms with Crippen molar-refractivity contribution in [1.82, 2.24) is 4.98 Å². The molecule has 0 radical (unpaired) electrons. The average Bonchev–Trinajstić information content (AvgIpc) is 2.72. The van der Waals surface area contributed by atoms with Gasteiger partial charge in [-0.15, -0.1) is 0 Å². The van der Waals surface area contributed by atoms with Gasteiger partial charge in [-0.05, 0) is 48.9 Å². The van der Waals surface area contributed by atoms with E-state index >= 15 is 0 Å². The van der Waals surface area contributed by atoms with Crippen molar-refractivity contribution in [2.45, 2.75) is 13.5 Å². The van der Waals surface area contributed by atoms with Crippen molar-refractivity contribution in [3.63, 3.8) is 0 Å². The van der Waals surface area contributed by atoms with Crippen molar-refractivity contribution in [3.8, 4) is 11.5 Å². The van der Waals surface area contributed by atoms with E-state index in [1.54, 1.807) is 29.3 Å². The van der Waals surface area contributed by atoms with Gasteiger partial charge >= 0.3 is 0 Å². The number of benzene rings is 2. The fourth-order valence-corrected chi connectivity index (χ4v) is 3.12. The van der Waals surface area contributed by atoms with Crippen molar-refractivity contribution in [3.05, 3.63) is 83.7 Å². The first-order valence-corrected chi connectivity index (χ1v) is 8.89. The number of para-hydroxylation sites is 1. The normalized spacial score (nSPS) is 12.5. The Labute approximate surface area is 158 Å². The quantitative estimate of drug-likeness (QED) is 0.705. The minimum Gasteiger partial charge on any atom is -0.486 e. The maximum atomic E-state index is 13.4. The predicted octanol–water partition coefficient (Wildman–Crippen LogP) is 4.01. The number of ether oxygens (including phenoxy) is 2.